The van der Waals surface area contributed by atoms with Gasteiger partial charge >= 0.3 is 0 Å². The summed E-state index contributed by atoms with van der Waals surface area (Å²) >= 11 is 6.17. The standard InChI is InChI=1S/C22H26ClN3O2/c1-14(16-8-7-15-5-3-4-6-17(15)11-16)26-21(27)13-25-20-12-18(22(28)24-2)9-10-19(20)23/h7-12,14,25H,3-6,13H2,1-2H3,(H,24,28)(H,26,27). The van der Waals surface area contributed by atoms with Crippen molar-refractivity contribution in [2.24, 2.45) is 0 Å². The summed E-state index contributed by atoms with van der Waals surface area (Å²) in [7, 11) is 1.57. The van der Waals surface area contributed by atoms with Crippen molar-refractivity contribution in [2.45, 2.75) is 38.6 Å². The molecule has 5 nitrogen and oxygen atoms in total. The number of fused-ring (bicyclic) bond motifs is 1. The predicted octanol–water partition coefficient (Wildman–Crippen LogP) is 3.87. The topological polar surface area (TPSA) is 70.2 Å². The Labute approximate surface area is 170 Å². The molecule has 1 unspecified atom stereocenters. The molecule has 0 bridgehead atoms. The molecule has 0 radical (unpaired) electrons. The molecule has 28 heavy (non-hydrogen) atoms. The molecule has 148 valence electrons. The van der Waals surface area contributed by atoms with Gasteiger partial charge in [-0.25, -0.2) is 0 Å². The molecule has 1 atom stereocenters. The van der Waals surface area contributed by atoms with Crippen LogP contribution in [0.3, 0.4) is 0 Å². The number of anilines is 1. The van der Waals surface area contributed by atoms with Crippen molar-refractivity contribution in [2.75, 3.05) is 18.9 Å². The van der Waals surface area contributed by atoms with Gasteiger partial charge in [0.05, 0.1) is 23.3 Å². The van der Waals surface area contributed by atoms with Crippen molar-refractivity contribution in [3.63, 3.8) is 0 Å². The predicted molar refractivity (Wildman–Crippen MR) is 113 cm³/mol. The molecule has 0 fully saturated rings. The minimum absolute atomic E-state index is 0.0748. The second kappa shape index (κ2) is 9.11. The number of hydrogen-bond acceptors (Lipinski definition) is 3. The van der Waals surface area contributed by atoms with Crippen LogP contribution in [0.15, 0.2) is 36.4 Å². The second-order valence-electron chi connectivity index (χ2n) is 7.15. The lowest BCUT2D eigenvalue weighted by Gasteiger charge is -2.20. The van der Waals surface area contributed by atoms with E-state index in [1.807, 2.05) is 6.92 Å². The normalized spacial score (nSPS) is 14.0. The summed E-state index contributed by atoms with van der Waals surface area (Å²) in [5.74, 6) is -0.336. The third-order valence-corrected chi connectivity index (χ3v) is 5.47. The highest BCUT2D eigenvalue weighted by atomic mass is 35.5. The Kier molecular flexibility index (Phi) is 6.57. The summed E-state index contributed by atoms with van der Waals surface area (Å²) < 4.78 is 0. The maximum Gasteiger partial charge on any atom is 0.251 e. The van der Waals surface area contributed by atoms with E-state index in [4.69, 9.17) is 11.6 Å². The highest BCUT2D eigenvalue weighted by molar-refractivity contribution is 6.33. The van der Waals surface area contributed by atoms with Gasteiger partial charge in [-0.1, -0.05) is 29.8 Å². The molecule has 3 N–H and O–H groups in total. The van der Waals surface area contributed by atoms with Crippen LogP contribution in [0.1, 0.15) is 52.9 Å². The molecule has 0 saturated carbocycles. The highest BCUT2D eigenvalue weighted by Gasteiger charge is 2.15. The average molecular weight is 400 g/mol. The zero-order valence-electron chi connectivity index (χ0n) is 16.3. The SMILES string of the molecule is CNC(=O)c1ccc(Cl)c(NCC(=O)NC(C)c2ccc3c(c2)CCCC3)c1. The number of rotatable bonds is 6. The van der Waals surface area contributed by atoms with E-state index in [-0.39, 0.29) is 24.4 Å². The third-order valence-electron chi connectivity index (χ3n) is 5.15. The van der Waals surface area contributed by atoms with Crippen LogP contribution in [-0.4, -0.2) is 25.4 Å². The first-order chi connectivity index (χ1) is 13.5. The zero-order valence-corrected chi connectivity index (χ0v) is 17.0. The Morgan fingerprint density at radius 2 is 1.82 bits per heavy atom. The van der Waals surface area contributed by atoms with Crippen molar-refractivity contribution < 1.29 is 9.59 Å². The Morgan fingerprint density at radius 3 is 2.57 bits per heavy atom. The van der Waals surface area contributed by atoms with Gasteiger partial charge in [0.1, 0.15) is 0 Å². The van der Waals surface area contributed by atoms with Crippen LogP contribution in [0.5, 0.6) is 0 Å². The first-order valence-electron chi connectivity index (χ1n) is 9.64. The molecule has 2 aromatic carbocycles. The molecule has 6 heteroatoms. The maximum absolute atomic E-state index is 12.4. The fourth-order valence-corrected chi connectivity index (χ4v) is 3.70. The fraction of sp³-hybridized carbons (Fsp3) is 0.364. The van der Waals surface area contributed by atoms with Crippen molar-refractivity contribution in [3.05, 3.63) is 63.7 Å². The van der Waals surface area contributed by atoms with Crippen molar-refractivity contribution in [3.8, 4) is 0 Å². The minimum Gasteiger partial charge on any atom is -0.375 e. The van der Waals surface area contributed by atoms with Gasteiger partial charge in [-0.2, -0.15) is 0 Å². The van der Waals surface area contributed by atoms with Gasteiger partial charge in [0.2, 0.25) is 5.91 Å². The number of nitrogens with one attached hydrogen (secondary N) is 3. The summed E-state index contributed by atoms with van der Waals surface area (Å²) in [6, 6.07) is 11.4. The van der Waals surface area contributed by atoms with Gasteiger partial charge in [0, 0.05) is 12.6 Å². The average Bonchev–Trinajstić information content (AvgIpc) is 2.72. The zero-order chi connectivity index (χ0) is 20.1. The van der Waals surface area contributed by atoms with Crippen LogP contribution in [0.4, 0.5) is 5.69 Å². The fourth-order valence-electron chi connectivity index (χ4n) is 3.52. The van der Waals surface area contributed by atoms with Gasteiger partial charge in [-0.15, -0.1) is 0 Å². The monoisotopic (exact) mass is 399 g/mol. The molecule has 0 aliphatic heterocycles. The van der Waals surface area contributed by atoms with Gasteiger partial charge in [0.15, 0.2) is 0 Å². The maximum atomic E-state index is 12.4. The number of carbonyl (C=O) groups excluding carboxylic acids is 2. The van der Waals surface area contributed by atoms with E-state index in [2.05, 4.69) is 34.1 Å². The lowest BCUT2D eigenvalue weighted by Crippen LogP contribution is -2.32. The number of hydrogen-bond donors (Lipinski definition) is 3. The van der Waals surface area contributed by atoms with E-state index in [1.54, 1.807) is 25.2 Å². The number of halogens is 1. The Balaban J connectivity index is 1.59. The first kappa shape index (κ1) is 20.2. The summed E-state index contributed by atoms with van der Waals surface area (Å²) in [5.41, 5.74) is 4.99. The first-order valence-corrected chi connectivity index (χ1v) is 10.0. The van der Waals surface area contributed by atoms with Gasteiger partial charge in [-0.3, -0.25) is 9.59 Å². The number of aryl methyl sites for hydroxylation is 2. The Hall–Kier alpha value is -2.53. The molecule has 3 rings (SSSR count). The van der Waals surface area contributed by atoms with E-state index in [0.717, 1.165) is 18.4 Å². The molecule has 0 aromatic heterocycles. The highest BCUT2D eigenvalue weighted by Crippen LogP contribution is 2.25. The molecule has 2 aromatic rings. The lowest BCUT2D eigenvalue weighted by atomic mass is 9.89. The van der Waals surface area contributed by atoms with Gasteiger partial charge < -0.3 is 16.0 Å². The van der Waals surface area contributed by atoms with E-state index < -0.39 is 0 Å². The number of amides is 2. The number of benzene rings is 2. The van der Waals surface area contributed by atoms with E-state index in [1.165, 1.54) is 24.0 Å². The minimum atomic E-state index is -0.204. The van der Waals surface area contributed by atoms with Crippen LogP contribution in [0, 0.1) is 0 Å². The summed E-state index contributed by atoms with van der Waals surface area (Å²) in [5, 5.41) is 9.06. The van der Waals surface area contributed by atoms with Crippen LogP contribution in [-0.2, 0) is 17.6 Å². The van der Waals surface area contributed by atoms with Crippen LogP contribution < -0.4 is 16.0 Å². The largest absolute Gasteiger partial charge is 0.375 e. The van der Waals surface area contributed by atoms with Crippen molar-refractivity contribution >= 4 is 29.1 Å². The molecular formula is C22H26ClN3O2. The van der Waals surface area contributed by atoms with E-state index in [0.29, 0.717) is 16.3 Å². The summed E-state index contributed by atoms with van der Waals surface area (Å²) in [6.45, 7) is 2.06. The lowest BCUT2D eigenvalue weighted by molar-refractivity contribution is -0.120. The van der Waals surface area contributed by atoms with E-state index >= 15 is 0 Å². The molecule has 0 saturated heterocycles. The molecule has 2 amide bonds. The number of carbonyl (C=O) groups is 2. The van der Waals surface area contributed by atoms with Gasteiger partial charge in [0.25, 0.3) is 5.91 Å². The van der Waals surface area contributed by atoms with Crippen LogP contribution in [0.2, 0.25) is 5.02 Å². The Bertz CT molecular complexity index is 882. The van der Waals surface area contributed by atoms with Crippen molar-refractivity contribution in [1.82, 2.24) is 10.6 Å². The molecular weight excluding hydrogens is 374 g/mol. The molecule has 0 spiro atoms. The third kappa shape index (κ3) is 4.84. The van der Waals surface area contributed by atoms with Crippen LogP contribution >= 0.6 is 11.6 Å². The molecule has 1 aliphatic carbocycles. The van der Waals surface area contributed by atoms with Crippen LogP contribution in [0.25, 0.3) is 0 Å². The second-order valence-corrected chi connectivity index (χ2v) is 7.56. The summed E-state index contributed by atoms with van der Waals surface area (Å²) in [6.07, 6.45) is 4.76. The van der Waals surface area contributed by atoms with Crippen molar-refractivity contribution in [1.29, 1.82) is 0 Å². The smallest absolute Gasteiger partial charge is 0.251 e. The van der Waals surface area contributed by atoms with E-state index in [9.17, 15) is 9.59 Å². The Morgan fingerprint density at radius 1 is 1.07 bits per heavy atom. The quantitative estimate of drug-likeness (QED) is 0.690. The molecule has 0 heterocycles. The van der Waals surface area contributed by atoms with Gasteiger partial charge in [-0.05, 0) is 67.5 Å². The summed E-state index contributed by atoms with van der Waals surface area (Å²) in [4.78, 5) is 24.1. The molecule has 1 aliphatic rings.